The zero-order valence-corrected chi connectivity index (χ0v) is 25.9. The monoisotopic (exact) mass is 603 g/mol. The van der Waals surface area contributed by atoms with Crippen LogP contribution in [0.1, 0.15) is 0 Å². The van der Waals surface area contributed by atoms with E-state index in [-0.39, 0.29) is 0 Å². The molecule has 0 aliphatic carbocycles. The molecule has 0 fully saturated rings. The summed E-state index contributed by atoms with van der Waals surface area (Å²) in [7, 11) is 0. The van der Waals surface area contributed by atoms with Gasteiger partial charge in [0.1, 0.15) is 0 Å². The van der Waals surface area contributed by atoms with E-state index in [0.29, 0.717) is 0 Å². The Morgan fingerprint density at radius 3 is 1.39 bits per heavy atom. The maximum absolute atomic E-state index is 2.42. The zero-order chi connectivity index (χ0) is 30.5. The van der Waals surface area contributed by atoms with Gasteiger partial charge in [0.2, 0.25) is 0 Å². The third-order valence-corrected chi connectivity index (χ3v) is 10.2. The van der Waals surface area contributed by atoms with E-state index in [2.05, 4.69) is 181 Å². The van der Waals surface area contributed by atoms with Gasteiger partial charge in [0.15, 0.2) is 0 Å². The van der Waals surface area contributed by atoms with Gasteiger partial charge in [0, 0.05) is 31.5 Å². The lowest BCUT2D eigenvalue weighted by Crippen LogP contribution is -2.10. The topological polar surface area (TPSA) is 3.24 Å². The number of thiophene rings is 1. The van der Waals surface area contributed by atoms with Gasteiger partial charge >= 0.3 is 0 Å². The second-order valence-electron chi connectivity index (χ2n) is 11.7. The first-order chi connectivity index (χ1) is 22.8. The van der Waals surface area contributed by atoms with Crippen molar-refractivity contribution in [2.75, 3.05) is 4.90 Å². The third-order valence-electron chi connectivity index (χ3n) is 9.07. The molecule has 216 valence electrons. The largest absolute Gasteiger partial charge is 0.310 e. The molecule has 0 spiro atoms. The van der Waals surface area contributed by atoms with Gasteiger partial charge in [0.25, 0.3) is 0 Å². The maximum Gasteiger partial charge on any atom is 0.0554 e. The molecule has 46 heavy (non-hydrogen) atoms. The summed E-state index contributed by atoms with van der Waals surface area (Å²) in [5.41, 5.74) is 8.38. The lowest BCUT2D eigenvalue weighted by molar-refractivity contribution is 1.30. The fourth-order valence-electron chi connectivity index (χ4n) is 6.90. The summed E-state index contributed by atoms with van der Waals surface area (Å²) in [6.45, 7) is 0. The second-order valence-corrected chi connectivity index (χ2v) is 12.8. The van der Waals surface area contributed by atoms with E-state index in [1.165, 1.54) is 69.7 Å². The average Bonchev–Trinajstić information content (AvgIpc) is 3.51. The Morgan fingerprint density at radius 2 is 0.804 bits per heavy atom. The van der Waals surface area contributed by atoms with Crippen molar-refractivity contribution in [1.29, 1.82) is 0 Å². The quantitative estimate of drug-likeness (QED) is 0.189. The van der Waals surface area contributed by atoms with Gasteiger partial charge in [-0.25, -0.2) is 0 Å². The second kappa shape index (κ2) is 11.0. The zero-order valence-electron chi connectivity index (χ0n) is 25.1. The van der Waals surface area contributed by atoms with E-state index < -0.39 is 0 Å². The van der Waals surface area contributed by atoms with Gasteiger partial charge in [-0.2, -0.15) is 0 Å². The third kappa shape index (κ3) is 4.46. The smallest absolute Gasteiger partial charge is 0.0554 e. The molecule has 0 aliphatic rings. The standard InChI is InChI=1S/C44H29NS/c1-3-14-36-30(10-1)12-7-17-38(36)32-22-26-34(27-23-32)45(41-19-9-21-43-44(41)40-16-5-6-20-42(40)46-43)35-28-24-33(25-29-35)39-18-8-13-31-11-2-4-15-37(31)39/h1-29H. The molecule has 9 aromatic rings. The Balaban J connectivity index is 1.21. The lowest BCUT2D eigenvalue weighted by atomic mass is 9.97. The van der Waals surface area contributed by atoms with Crippen LogP contribution in [0.3, 0.4) is 0 Å². The Hall–Kier alpha value is -5.70. The van der Waals surface area contributed by atoms with Crippen molar-refractivity contribution in [3.05, 3.63) is 176 Å². The first-order valence-electron chi connectivity index (χ1n) is 15.7. The van der Waals surface area contributed by atoms with Crippen LogP contribution in [0.2, 0.25) is 0 Å². The summed E-state index contributed by atoms with van der Waals surface area (Å²) in [5.74, 6) is 0. The molecule has 0 saturated carbocycles. The number of rotatable bonds is 5. The number of hydrogen-bond donors (Lipinski definition) is 0. The number of hydrogen-bond acceptors (Lipinski definition) is 2. The van der Waals surface area contributed by atoms with Crippen molar-refractivity contribution in [1.82, 2.24) is 0 Å². The summed E-state index contributed by atoms with van der Waals surface area (Å²) < 4.78 is 2.60. The van der Waals surface area contributed by atoms with Gasteiger partial charge < -0.3 is 4.90 Å². The predicted octanol–water partition coefficient (Wildman–Crippen LogP) is 13.2. The van der Waals surface area contributed by atoms with E-state index in [0.717, 1.165) is 11.4 Å². The van der Waals surface area contributed by atoms with Crippen LogP contribution in [0.4, 0.5) is 17.1 Å². The summed E-state index contributed by atoms with van der Waals surface area (Å²) in [4.78, 5) is 2.42. The molecule has 1 heterocycles. The Morgan fingerprint density at radius 1 is 0.348 bits per heavy atom. The van der Waals surface area contributed by atoms with Crippen molar-refractivity contribution in [2.24, 2.45) is 0 Å². The molecule has 1 nitrogen and oxygen atoms in total. The number of anilines is 3. The fourth-order valence-corrected chi connectivity index (χ4v) is 8.03. The number of benzene rings is 8. The summed E-state index contributed by atoms with van der Waals surface area (Å²) in [6.07, 6.45) is 0. The van der Waals surface area contributed by atoms with Crippen molar-refractivity contribution in [3.63, 3.8) is 0 Å². The van der Waals surface area contributed by atoms with Crippen LogP contribution in [0.15, 0.2) is 176 Å². The van der Waals surface area contributed by atoms with Gasteiger partial charge in [-0.05, 0) is 86.3 Å². The predicted molar refractivity (Wildman–Crippen MR) is 200 cm³/mol. The maximum atomic E-state index is 2.42. The molecule has 0 amide bonds. The van der Waals surface area contributed by atoms with Crippen LogP contribution in [-0.2, 0) is 0 Å². The Bertz CT molecular complexity index is 2390. The molecular formula is C44H29NS. The fraction of sp³-hybridized carbons (Fsp3) is 0. The highest BCUT2D eigenvalue weighted by Crippen LogP contribution is 2.45. The van der Waals surface area contributed by atoms with E-state index in [9.17, 15) is 0 Å². The molecular weight excluding hydrogens is 575 g/mol. The van der Waals surface area contributed by atoms with Crippen molar-refractivity contribution < 1.29 is 0 Å². The van der Waals surface area contributed by atoms with Crippen LogP contribution in [0, 0.1) is 0 Å². The molecule has 0 saturated heterocycles. The minimum atomic E-state index is 1.13. The molecule has 2 heteroatoms. The molecule has 0 N–H and O–H groups in total. The van der Waals surface area contributed by atoms with Crippen LogP contribution >= 0.6 is 11.3 Å². The van der Waals surface area contributed by atoms with Crippen LogP contribution in [-0.4, -0.2) is 0 Å². The lowest BCUT2D eigenvalue weighted by Gasteiger charge is -2.27. The van der Waals surface area contributed by atoms with Gasteiger partial charge in [-0.15, -0.1) is 11.3 Å². The molecule has 8 aromatic carbocycles. The average molecular weight is 604 g/mol. The first-order valence-corrected chi connectivity index (χ1v) is 16.5. The van der Waals surface area contributed by atoms with Gasteiger partial charge in [0.05, 0.1) is 5.69 Å². The highest BCUT2D eigenvalue weighted by atomic mass is 32.1. The van der Waals surface area contributed by atoms with Crippen molar-refractivity contribution in [2.45, 2.75) is 0 Å². The van der Waals surface area contributed by atoms with E-state index in [1.807, 2.05) is 11.3 Å². The van der Waals surface area contributed by atoms with E-state index >= 15 is 0 Å². The Kier molecular flexibility index (Phi) is 6.40. The molecule has 0 radical (unpaired) electrons. The van der Waals surface area contributed by atoms with Crippen LogP contribution < -0.4 is 4.90 Å². The van der Waals surface area contributed by atoms with Crippen LogP contribution in [0.5, 0.6) is 0 Å². The summed E-state index contributed by atoms with van der Waals surface area (Å²) in [5, 5.41) is 7.64. The van der Waals surface area contributed by atoms with Gasteiger partial charge in [-0.1, -0.05) is 133 Å². The van der Waals surface area contributed by atoms with Crippen molar-refractivity contribution in [3.8, 4) is 22.3 Å². The summed E-state index contributed by atoms with van der Waals surface area (Å²) >= 11 is 1.86. The summed E-state index contributed by atoms with van der Waals surface area (Å²) in [6, 6.07) is 63.9. The van der Waals surface area contributed by atoms with Gasteiger partial charge in [-0.3, -0.25) is 0 Å². The van der Waals surface area contributed by atoms with Crippen LogP contribution in [0.25, 0.3) is 64.0 Å². The molecule has 9 rings (SSSR count). The normalized spacial score (nSPS) is 11.5. The number of fused-ring (bicyclic) bond motifs is 5. The number of nitrogens with zero attached hydrogens (tertiary/aromatic N) is 1. The highest BCUT2D eigenvalue weighted by molar-refractivity contribution is 7.26. The van der Waals surface area contributed by atoms with E-state index in [4.69, 9.17) is 0 Å². The minimum Gasteiger partial charge on any atom is -0.310 e. The van der Waals surface area contributed by atoms with E-state index in [1.54, 1.807) is 0 Å². The molecule has 0 unspecified atom stereocenters. The SMILES string of the molecule is c1ccc2c(-c3ccc(N(c4ccc(-c5cccc6ccccc56)cc4)c4cccc5sc6ccccc6c45)cc3)cccc2c1. The molecule has 0 atom stereocenters. The minimum absolute atomic E-state index is 1.13. The highest BCUT2D eigenvalue weighted by Gasteiger charge is 2.19. The molecule has 0 bridgehead atoms. The molecule has 0 aliphatic heterocycles. The van der Waals surface area contributed by atoms with Crippen molar-refractivity contribution >= 4 is 70.1 Å². The first kappa shape index (κ1) is 26.7. The Labute approximate surface area is 272 Å². The molecule has 1 aromatic heterocycles.